The lowest BCUT2D eigenvalue weighted by atomic mass is 10.2. The van der Waals surface area contributed by atoms with Crippen LogP contribution in [0.3, 0.4) is 0 Å². The lowest BCUT2D eigenvalue weighted by molar-refractivity contribution is 0.0246. The normalized spacial score (nSPS) is 19.9. The van der Waals surface area contributed by atoms with Crippen LogP contribution in [0.25, 0.3) is 11.5 Å². The molecule has 3 heterocycles. The van der Waals surface area contributed by atoms with Gasteiger partial charge < -0.3 is 14.6 Å². The molecule has 1 unspecified atom stereocenters. The first-order valence-electron chi connectivity index (χ1n) is 5.98. The molecule has 0 aliphatic carbocycles. The average Bonchev–Trinajstić information content (AvgIpc) is 2.89. The van der Waals surface area contributed by atoms with E-state index in [9.17, 15) is 0 Å². The van der Waals surface area contributed by atoms with Crippen LogP contribution in [0.2, 0.25) is 0 Å². The summed E-state index contributed by atoms with van der Waals surface area (Å²) in [6.45, 7) is 2.45. The minimum absolute atomic E-state index is 0.107. The fourth-order valence-corrected chi connectivity index (χ4v) is 1.88. The van der Waals surface area contributed by atoms with Gasteiger partial charge in [-0.25, -0.2) is 0 Å². The lowest BCUT2D eigenvalue weighted by Crippen LogP contribution is -2.39. The molecular weight excluding hydrogens is 232 g/mol. The molecule has 2 aromatic rings. The Morgan fingerprint density at radius 3 is 3.17 bits per heavy atom. The molecule has 1 aliphatic rings. The molecule has 6 nitrogen and oxygen atoms in total. The highest BCUT2D eigenvalue weighted by Gasteiger charge is 2.18. The zero-order valence-corrected chi connectivity index (χ0v) is 9.87. The van der Waals surface area contributed by atoms with Crippen molar-refractivity contribution in [2.75, 3.05) is 19.7 Å². The smallest absolute Gasteiger partial charge is 0.229 e. The van der Waals surface area contributed by atoms with Crippen molar-refractivity contribution >= 4 is 0 Å². The van der Waals surface area contributed by atoms with Crippen LogP contribution in [0.15, 0.2) is 28.9 Å². The zero-order valence-electron chi connectivity index (χ0n) is 9.87. The predicted molar refractivity (Wildman–Crippen MR) is 63.8 cm³/mol. The maximum atomic E-state index is 5.59. The van der Waals surface area contributed by atoms with Gasteiger partial charge in [0.2, 0.25) is 11.7 Å². The number of nitrogens with one attached hydrogen (secondary N) is 1. The largest absolute Gasteiger partial charge is 0.375 e. The molecule has 1 fully saturated rings. The van der Waals surface area contributed by atoms with Crippen LogP contribution in [0.5, 0.6) is 0 Å². The first kappa shape index (κ1) is 11.3. The third-order valence-corrected chi connectivity index (χ3v) is 2.77. The summed E-state index contributed by atoms with van der Waals surface area (Å²) in [7, 11) is 0. The number of nitrogens with zero attached hydrogens (tertiary/aromatic N) is 3. The summed E-state index contributed by atoms with van der Waals surface area (Å²) in [6, 6.07) is 5.60. The van der Waals surface area contributed by atoms with E-state index in [1.807, 2.05) is 18.2 Å². The summed E-state index contributed by atoms with van der Waals surface area (Å²) >= 11 is 0. The molecule has 1 atom stereocenters. The summed E-state index contributed by atoms with van der Waals surface area (Å²) in [5, 5.41) is 7.19. The van der Waals surface area contributed by atoms with E-state index in [-0.39, 0.29) is 6.10 Å². The van der Waals surface area contributed by atoms with Crippen LogP contribution in [0, 0.1) is 0 Å². The Labute approximate surface area is 104 Å². The summed E-state index contributed by atoms with van der Waals surface area (Å²) in [5.41, 5.74) is 0.718. The molecule has 18 heavy (non-hydrogen) atoms. The molecule has 1 N–H and O–H groups in total. The molecule has 0 bridgehead atoms. The van der Waals surface area contributed by atoms with Gasteiger partial charge in [-0.3, -0.25) is 4.98 Å². The van der Waals surface area contributed by atoms with Crippen molar-refractivity contribution in [3.05, 3.63) is 30.3 Å². The maximum absolute atomic E-state index is 5.59. The van der Waals surface area contributed by atoms with Crippen molar-refractivity contribution < 1.29 is 9.26 Å². The van der Waals surface area contributed by atoms with Gasteiger partial charge in [-0.15, -0.1) is 0 Å². The molecule has 3 rings (SSSR count). The summed E-state index contributed by atoms with van der Waals surface area (Å²) in [5.74, 6) is 1.11. The average molecular weight is 246 g/mol. The number of pyridine rings is 1. The Bertz CT molecular complexity index is 494. The number of aromatic nitrogens is 3. The number of ether oxygens (including phenoxy) is 1. The second-order valence-corrected chi connectivity index (χ2v) is 4.13. The van der Waals surface area contributed by atoms with E-state index < -0.39 is 0 Å². The van der Waals surface area contributed by atoms with Gasteiger partial charge in [0.1, 0.15) is 5.69 Å². The second kappa shape index (κ2) is 5.24. The maximum Gasteiger partial charge on any atom is 0.229 e. The molecular formula is C12H14N4O2. The van der Waals surface area contributed by atoms with Crippen molar-refractivity contribution in [3.63, 3.8) is 0 Å². The molecule has 1 saturated heterocycles. The highest BCUT2D eigenvalue weighted by Crippen LogP contribution is 2.13. The van der Waals surface area contributed by atoms with Gasteiger partial charge in [-0.05, 0) is 12.1 Å². The molecule has 0 amide bonds. The number of morpholine rings is 1. The highest BCUT2D eigenvalue weighted by atomic mass is 16.5. The first-order valence-corrected chi connectivity index (χ1v) is 5.98. The van der Waals surface area contributed by atoms with Crippen LogP contribution < -0.4 is 5.32 Å². The van der Waals surface area contributed by atoms with Crippen molar-refractivity contribution in [1.82, 2.24) is 20.4 Å². The van der Waals surface area contributed by atoms with Crippen molar-refractivity contribution in [2.45, 2.75) is 12.5 Å². The summed E-state index contributed by atoms with van der Waals surface area (Å²) in [4.78, 5) is 8.51. The molecule has 0 radical (unpaired) electrons. The van der Waals surface area contributed by atoms with E-state index in [0.717, 1.165) is 25.4 Å². The zero-order chi connectivity index (χ0) is 12.2. The predicted octanol–water partition coefficient (Wildman–Crippen LogP) is 0.662. The number of hydrogen-bond acceptors (Lipinski definition) is 6. The van der Waals surface area contributed by atoms with Crippen LogP contribution in [-0.4, -0.2) is 40.9 Å². The Morgan fingerprint density at radius 1 is 1.39 bits per heavy atom. The highest BCUT2D eigenvalue weighted by molar-refractivity contribution is 5.46. The van der Waals surface area contributed by atoms with E-state index >= 15 is 0 Å². The molecule has 0 aromatic carbocycles. The summed E-state index contributed by atoms with van der Waals surface area (Å²) < 4.78 is 10.8. The van der Waals surface area contributed by atoms with E-state index in [2.05, 4.69) is 20.4 Å². The fourth-order valence-electron chi connectivity index (χ4n) is 1.88. The van der Waals surface area contributed by atoms with E-state index in [1.165, 1.54) is 0 Å². The standard InChI is InChI=1S/C12H14N4O2/c1-2-4-14-10(3-1)12-15-11(18-16-12)7-9-8-13-5-6-17-9/h1-4,9,13H,5-8H2. The summed E-state index contributed by atoms with van der Waals surface area (Å²) in [6.07, 6.45) is 2.45. The van der Waals surface area contributed by atoms with Gasteiger partial charge in [0, 0.05) is 19.3 Å². The van der Waals surface area contributed by atoms with E-state index in [1.54, 1.807) is 6.20 Å². The van der Waals surface area contributed by atoms with Crippen LogP contribution >= 0.6 is 0 Å². The third kappa shape index (κ3) is 2.55. The quantitative estimate of drug-likeness (QED) is 0.857. The monoisotopic (exact) mass is 246 g/mol. The Balaban J connectivity index is 1.69. The Hall–Kier alpha value is -1.79. The van der Waals surface area contributed by atoms with Gasteiger partial charge >= 0.3 is 0 Å². The second-order valence-electron chi connectivity index (χ2n) is 4.13. The molecule has 0 saturated carbocycles. The minimum atomic E-state index is 0.107. The molecule has 1 aliphatic heterocycles. The van der Waals surface area contributed by atoms with Crippen molar-refractivity contribution in [1.29, 1.82) is 0 Å². The topological polar surface area (TPSA) is 73.1 Å². The minimum Gasteiger partial charge on any atom is -0.375 e. The first-order chi connectivity index (χ1) is 8.92. The van der Waals surface area contributed by atoms with E-state index in [0.29, 0.717) is 18.1 Å². The van der Waals surface area contributed by atoms with Gasteiger partial charge in [0.25, 0.3) is 0 Å². The van der Waals surface area contributed by atoms with Crippen molar-refractivity contribution in [3.8, 4) is 11.5 Å². The van der Waals surface area contributed by atoms with Crippen molar-refractivity contribution in [2.24, 2.45) is 0 Å². The number of hydrogen-bond donors (Lipinski definition) is 1. The SMILES string of the molecule is c1ccc(-c2noc(CC3CNCCO3)n2)nc1. The van der Waals surface area contributed by atoms with Crippen LogP contribution in [-0.2, 0) is 11.2 Å². The van der Waals surface area contributed by atoms with Gasteiger partial charge in [0.15, 0.2) is 0 Å². The van der Waals surface area contributed by atoms with E-state index in [4.69, 9.17) is 9.26 Å². The fraction of sp³-hybridized carbons (Fsp3) is 0.417. The molecule has 6 heteroatoms. The Morgan fingerprint density at radius 2 is 2.39 bits per heavy atom. The molecule has 0 spiro atoms. The lowest BCUT2D eigenvalue weighted by Gasteiger charge is -2.21. The number of rotatable bonds is 3. The van der Waals surface area contributed by atoms with Gasteiger partial charge in [-0.2, -0.15) is 4.98 Å². The molecule has 2 aromatic heterocycles. The van der Waals surface area contributed by atoms with Gasteiger partial charge in [-0.1, -0.05) is 11.2 Å². The van der Waals surface area contributed by atoms with Crippen LogP contribution in [0.1, 0.15) is 5.89 Å². The Kier molecular flexibility index (Phi) is 3.29. The third-order valence-electron chi connectivity index (χ3n) is 2.77. The molecule has 94 valence electrons. The van der Waals surface area contributed by atoms with Crippen LogP contribution in [0.4, 0.5) is 0 Å². The van der Waals surface area contributed by atoms with Gasteiger partial charge in [0.05, 0.1) is 19.1 Å².